The summed E-state index contributed by atoms with van der Waals surface area (Å²) in [5.41, 5.74) is 8.46. The average Bonchev–Trinajstić information content (AvgIpc) is 3.14. The van der Waals surface area contributed by atoms with E-state index in [2.05, 4.69) is 15.3 Å². The van der Waals surface area contributed by atoms with Gasteiger partial charge < -0.3 is 21.1 Å². The van der Waals surface area contributed by atoms with E-state index < -0.39 is 0 Å². The molecule has 6 nitrogen and oxygen atoms in total. The number of hydrogen-bond acceptors (Lipinski definition) is 4. The zero-order valence-electron chi connectivity index (χ0n) is 12.2. The molecule has 1 aliphatic rings. The van der Waals surface area contributed by atoms with Crippen LogP contribution in [0.15, 0.2) is 30.5 Å². The average molecular weight is 300 g/mol. The molecule has 1 aliphatic carbocycles. The number of hydrogen-bond donors (Lipinski definition) is 4. The summed E-state index contributed by atoms with van der Waals surface area (Å²) in [4.78, 5) is 19.0. The second kappa shape index (κ2) is 6.19. The smallest absolute Gasteiger partial charge is 0.223 e. The molecule has 0 radical (unpaired) electrons. The third-order valence-electron chi connectivity index (χ3n) is 4.10. The van der Waals surface area contributed by atoms with Gasteiger partial charge >= 0.3 is 0 Å². The predicted octanol–water partition coefficient (Wildman–Crippen LogP) is 1.44. The van der Waals surface area contributed by atoms with Crippen molar-refractivity contribution in [3.8, 4) is 11.3 Å². The molecule has 1 amide bonds. The zero-order chi connectivity index (χ0) is 15.5. The van der Waals surface area contributed by atoms with E-state index in [1.165, 1.54) is 0 Å². The van der Waals surface area contributed by atoms with Gasteiger partial charge in [0.2, 0.25) is 5.91 Å². The van der Waals surface area contributed by atoms with Crippen molar-refractivity contribution in [3.63, 3.8) is 0 Å². The van der Waals surface area contributed by atoms with Crippen molar-refractivity contribution in [2.24, 2.45) is 5.92 Å². The number of nitrogens with one attached hydrogen (secondary N) is 2. The fraction of sp³-hybridized carbons (Fsp3) is 0.375. The van der Waals surface area contributed by atoms with Crippen LogP contribution in [0.25, 0.3) is 11.3 Å². The first-order valence-electron chi connectivity index (χ1n) is 7.47. The first kappa shape index (κ1) is 14.6. The molecule has 0 bridgehead atoms. The molecule has 22 heavy (non-hydrogen) atoms. The fourth-order valence-electron chi connectivity index (χ4n) is 2.81. The molecule has 1 aromatic carbocycles. The fourth-order valence-corrected chi connectivity index (χ4v) is 2.81. The molecule has 116 valence electrons. The Hall–Kier alpha value is -2.34. The Morgan fingerprint density at radius 2 is 2.14 bits per heavy atom. The van der Waals surface area contributed by atoms with Crippen LogP contribution in [0.1, 0.15) is 24.8 Å². The van der Waals surface area contributed by atoms with Gasteiger partial charge in [0, 0.05) is 12.5 Å². The van der Waals surface area contributed by atoms with E-state index in [1.807, 2.05) is 24.3 Å². The van der Waals surface area contributed by atoms with Gasteiger partial charge in [-0.2, -0.15) is 0 Å². The molecular formula is C16H20N4O2. The van der Waals surface area contributed by atoms with E-state index in [1.54, 1.807) is 6.20 Å². The summed E-state index contributed by atoms with van der Waals surface area (Å²) in [6.45, 7) is 0.497. The summed E-state index contributed by atoms with van der Waals surface area (Å²) in [5, 5.41) is 12.4. The van der Waals surface area contributed by atoms with E-state index in [4.69, 9.17) is 5.73 Å². The van der Waals surface area contributed by atoms with Crippen molar-refractivity contribution in [1.29, 1.82) is 0 Å². The lowest BCUT2D eigenvalue weighted by molar-refractivity contribution is -0.125. The maximum absolute atomic E-state index is 12.0. The lowest BCUT2D eigenvalue weighted by atomic mass is 10.1. The lowest BCUT2D eigenvalue weighted by Crippen LogP contribution is -2.29. The summed E-state index contributed by atoms with van der Waals surface area (Å²) in [5.74, 6) is 0.370. The van der Waals surface area contributed by atoms with Crippen LogP contribution in [-0.4, -0.2) is 27.1 Å². The van der Waals surface area contributed by atoms with Crippen LogP contribution in [0.5, 0.6) is 0 Å². The van der Waals surface area contributed by atoms with Crippen LogP contribution in [0, 0.1) is 5.92 Å². The molecule has 5 N–H and O–H groups in total. The molecule has 3 rings (SSSR count). The Labute approximate surface area is 128 Å². The van der Waals surface area contributed by atoms with Crippen LogP contribution in [0.3, 0.4) is 0 Å². The third kappa shape index (κ3) is 3.28. The number of imidazole rings is 1. The third-order valence-corrected chi connectivity index (χ3v) is 4.10. The maximum atomic E-state index is 12.0. The van der Waals surface area contributed by atoms with E-state index in [0.717, 1.165) is 29.7 Å². The predicted molar refractivity (Wildman–Crippen MR) is 83.6 cm³/mol. The summed E-state index contributed by atoms with van der Waals surface area (Å²) in [7, 11) is 0. The van der Waals surface area contributed by atoms with E-state index in [9.17, 15) is 9.90 Å². The van der Waals surface area contributed by atoms with Crippen molar-refractivity contribution < 1.29 is 9.90 Å². The lowest BCUT2D eigenvalue weighted by Gasteiger charge is -2.10. The SMILES string of the molecule is Nc1ncc(-c2ccc(CNC(=O)[C@H]3CC[C@@H](O)C3)cc2)[nH]1. The Morgan fingerprint density at radius 3 is 2.73 bits per heavy atom. The molecule has 0 spiro atoms. The number of nitrogens with two attached hydrogens (primary N) is 1. The number of H-pyrrole nitrogens is 1. The molecule has 2 atom stereocenters. The van der Waals surface area contributed by atoms with Gasteiger partial charge in [-0.15, -0.1) is 0 Å². The van der Waals surface area contributed by atoms with Crippen LogP contribution in [-0.2, 0) is 11.3 Å². The molecule has 6 heteroatoms. The van der Waals surface area contributed by atoms with Crippen LogP contribution in [0.4, 0.5) is 5.95 Å². The minimum atomic E-state index is -0.322. The Kier molecular flexibility index (Phi) is 4.11. The van der Waals surface area contributed by atoms with Gasteiger partial charge in [0.1, 0.15) is 0 Å². The van der Waals surface area contributed by atoms with Gasteiger partial charge in [-0.25, -0.2) is 4.98 Å². The van der Waals surface area contributed by atoms with Gasteiger partial charge in [-0.3, -0.25) is 4.79 Å². The van der Waals surface area contributed by atoms with Crippen LogP contribution >= 0.6 is 0 Å². The topological polar surface area (TPSA) is 104 Å². The van der Waals surface area contributed by atoms with Gasteiger partial charge in [0.25, 0.3) is 0 Å². The highest BCUT2D eigenvalue weighted by Crippen LogP contribution is 2.25. The molecule has 0 unspecified atom stereocenters. The molecule has 0 saturated heterocycles. The van der Waals surface area contributed by atoms with E-state index in [0.29, 0.717) is 18.9 Å². The number of carbonyl (C=O) groups is 1. The first-order chi connectivity index (χ1) is 10.6. The Bertz CT molecular complexity index is 650. The number of benzene rings is 1. The number of nitrogens with zero attached hydrogens (tertiary/aromatic N) is 1. The van der Waals surface area contributed by atoms with E-state index >= 15 is 0 Å². The van der Waals surface area contributed by atoms with Gasteiger partial charge in [0.05, 0.1) is 18.0 Å². The number of carbonyl (C=O) groups excluding carboxylic acids is 1. The van der Waals surface area contributed by atoms with E-state index in [-0.39, 0.29) is 17.9 Å². The number of aromatic amines is 1. The maximum Gasteiger partial charge on any atom is 0.223 e. The second-order valence-electron chi connectivity index (χ2n) is 5.76. The number of nitrogen functional groups attached to an aromatic ring is 1. The van der Waals surface area contributed by atoms with Gasteiger partial charge in [-0.05, 0) is 30.4 Å². The van der Waals surface area contributed by atoms with Crippen molar-refractivity contribution in [1.82, 2.24) is 15.3 Å². The highest BCUT2D eigenvalue weighted by atomic mass is 16.3. The number of anilines is 1. The van der Waals surface area contributed by atoms with Crippen LogP contribution in [0.2, 0.25) is 0 Å². The largest absolute Gasteiger partial charge is 0.393 e. The first-order valence-corrected chi connectivity index (χ1v) is 7.47. The monoisotopic (exact) mass is 300 g/mol. The minimum Gasteiger partial charge on any atom is -0.393 e. The second-order valence-corrected chi connectivity index (χ2v) is 5.76. The normalized spacial score (nSPS) is 21.0. The molecular weight excluding hydrogens is 280 g/mol. The quantitative estimate of drug-likeness (QED) is 0.685. The Morgan fingerprint density at radius 1 is 1.36 bits per heavy atom. The highest BCUT2D eigenvalue weighted by molar-refractivity contribution is 5.79. The standard InChI is InChI=1S/C16H20N4O2/c17-16-19-9-14(20-16)11-3-1-10(2-4-11)8-18-15(22)12-5-6-13(21)7-12/h1-4,9,12-13,21H,5-8H2,(H,18,22)(H3,17,19,20)/t12-,13+/m0/s1. The number of rotatable bonds is 4. The Balaban J connectivity index is 1.56. The van der Waals surface area contributed by atoms with Crippen LogP contribution < -0.4 is 11.1 Å². The molecule has 1 heterocycles. The van der Waals surface area contributed by atoms with Gasteiger partial charge in [0.15, 0.2) is 5.95 Å². The number of aromatic nitrogens is 2. The van der Waals surface area contributed by atoms with Crippen molar-refractivity contribution in [2.75, 3.05) is 5.73 Å². The molecule has 1 aromatic heterocycles. The summed E-state index contributed by atoms with van der Waals surface area (Å²) in [6.07, 6.45) is 3.44. The highest BCUT2D eigenvalue weighted by Gasteiger charge is 2.28. The van der Waals surface area contributed by atoms with Crippen molar-refractivity contribution in [2.45, 2.75) is 31.9 Å². The zero-order valence-corrected chi connectivity index (χ0v) is 12.2. The molecule has 1 saturated carbocycles. The summed E-state index contributed by atoms with van der Waals surface area (Å²) < 4.78 is 0. The number of aliphatic hydroxyl groups is 1. The molecule has 2 aromatic rings. The number of amides is 1. The molecule has 0 aliphatic heterocycles. The molecule has 1 fully saturated rings. The van der Waals surface area contributed by atoms with Crippen molar-refractivity contribution in [3.05, 3.63) is 36.0 Å². The summed E-state index contributed by atoms with van der Waals surface area (Å²) in [6, 6.07) is 7.87. The number of aliphatic hydroxyl groups excluding tert-OH is 1. The summed E-state index contributed by atoms with van der Waals surface area (Å²) >= 11 is 0. The van der Waals surface area contributed by atoms with Crippen molar-refractivity contribution >= 4 is 11.9 Å². The van der Waals surface area contributed by atoms with Gasteiger partial charge in [-0.1, -0.05) is 24.3 Å². The minimum absolute atomic E-state index is 0.0296.